The van der Waals surface area contributed by atoms with E-state index in [0.29, 0.717) is 5.91 Å². The standard InChI is InChI=1S/C15H20N2O/c16-13-7-6-11-8-9-17(14(11)10-13)15(18)12-4-2-1-3-5-12/h6-7,10,12H,1-5,8-9,16H2. The van der Waals surface area contributed by atoms with Crippen LogP contribution in [0.15, 0.2) is 18.2 Å². The second kappa shape index (κ2) is 4.63. The smallest absolute Gasteiger partial charge is 0.230 e. The Morgan fingerprint density at radius 3 is 2.78 bits per heavy atom. The van der Waals surface area contributed by atoms with Crippen LogP contribution in [0.2, 0.25) is 0 Å². The zero-order valence-corrected chi connectivity index (χ0v) is 10.7. The van der Waals surface area contributed by atoms with E-state index in [9.17, 15) is 4.79 Å². The maximum absolute atomic E-state index is 12.6. The molecule has 1 aromatic carbocycles. The summed E-state index contributed by atoms with van der Waals surface area (Å²) in [5, 5.41) is 0. The van der Waals surface area contributed by atoms with Crippen molar-refractivity contribution >= 4 is 17.3 Å². The second-order valence-electron chi connectivity index (χ2n) is 5.46. The fourth-order valence-corrected chi connectivity index (χ4v) is 3.20. The molecule has 2 N–H and O–H groups in total. The summed E-state index contributed by atoms with van der Waals surface area (Å²) >= 11 is 0. The number of carbonyl (C=O) groups is 1. The van der Waals surface area contributed by atoms with Crippen LogP contribution in [0.25, 0.3) is 0 Å². The van der Waals surface area contributed by atoms with E-state index in [-0.39, 0.29) is 5.92 Å². The number of nitrogens with two attached hydrogens (primary N) is 1. The van der Waals surface area contributed by atoms with Crippen LogP contribution in [0.5, 0.6) is 0 Å². The largest absolute Gasteiger partial charge is 0.399 e. The van der Waals surface area contributed by atoms with Gasteiger partial charge in [-0.15, -0.1) is 0 Å². The van der Waals surface area contributed by atoms with Crippen LogP contribution in [-0.4, -0.2) is 12.5 Å². The van der Waals surface area contributed by atoms with Crippen molar-refractivity contribution in [2.24, 2.45) is 5.92 Å². The Labute approximate surface area is 108 Å². The molecule has 0 atom stereocenters. The summed E-state index contributed by atoms with van der Waals surface area (Å²) in [5.41, 5.74) is 8.89. The van der Waals surface area contributed by atoms with Crippen LogP contribution in [-0.2, 0) is 11.2 Å². The molecular formula is C15H20N2O. The molecule has 1 aliphatic carbocycles. The summed E-state index contributed by atoms with van der Waals surface area (Å²) < 4.78 is 0. The molecule has 96 valence electrons. The zero-order valence-electron chi connectivity index (χ0n) is 10.7. The molecule has 0 radical (unpaired) electrons. The van der Waals surface area contributed by atoms with E-state index in [1.165, 1.54) is 24.8 Å². The highest BCUT2D eigenvalue weighted by Crippen LogP contribution is 2.33. The van der Waals surface area contributed by atoms with Gasteiger partial charge in [0.15, 0.2) is 0 Å². The van der Waals surface area contributed by atoms with Gasteiger partial charge in [0.1, 0.15) is 0 Å². The van der Waals surface area contributed by atoms with Crippen molar-refractivity contribution in [3.8, 4) is 0 Å². The molecule has 1 saturated carbocycles. The molecule has 1 heterocycles. The molecule has 18 heavy (non-hydrogen) atoms. The molecule has 3 rings (SSSR count). The maximum atomic E-state index is 12.6. The highest BCUT2D eigenvalue weighted by Gasteiger charge is 2.30. The van der Waals surface area contributed by atoms with Crippen molar-refractivity contribution in [2.45, 2.75) is 38.5 Å². The van der Waals surface area contributed by atoms with Crippen LogP contribution < -0.4 is 10.6 Å². The van der Waals surface area contributed by atoms with Gasteiger partial charge in [0.2, 0.25) is 5.91 Å². The van der Waals surface area contributed by atoms with E-state index in [4.69, 9.17) is 5.73 Å². The third kappa shape index (κ3) is 1.98. The van der Waals surface area contributed by atoms with E-state index < -0.39 is 0 Å². The number of rotatable bonds is 1. The van der Waals surface area contributed by atoms with Gasteiger partial charge in [0.25, 0.3) is 0 Å². The number of fused-ring (bicyclic) bond motifs is 1. The molecule has 1 amide bonds. The lowest BCUT2D eigenvalue weighted by atomic mass is 9.88. The third-order valence-electron chi connectivity index (χ3n) is 4.23. The summed E-state index contributed by atoms with van der Waals surface area (Å²) in [5.74, 6) is 0.560. The number of amides is 1. The molecule has 0 aromatic heterocycles. The molecule has 0 saturated heterocycles. The highest BCUT2D eigenvalue weighted by atomic mass is 16.2. The van der Waals surface area contributed by atoms with Gasteiger partial charge in [-0.25, -0.2) is 0 Å². The van der Waals surface area contributed by atoms with Crippen LogP contribution in [0.1, 0.15) is 37.7 Å². The van der Waals surface area contributed by atoms with Gasteiger partial charge in [0.05, 0.1) is 0 Å². The van der Waals surface area contributed by atoms with Crippen LogP contribution in [0.3, 0.4) is 0 Å². The lowest BCUT2D eigenvalue weighted by Crippen LogP contribution is -2.35. The van der Waals surface area contributed by atoms with Gasteiger partial charge < -0.3 is 10.6 Å². The summed E-state index contributed by atoms with van der Waals surface area (Å²) in [6.07, 6.45) is 6.78. The van der Waals surface area contributed by atoms with E-state index in [2.05, 4.69) is 6.07 Å². The Balaban J connectivity index is 1.82. The third-order valence-corrected chi connectivity index (χ3v) is 4.23. The van der Waals surface area contributed by atoms with E-state index in [1.807, 2.05) is 17.0 Å². The maximum Gasteiger partial charge on any atom is 0.230 e. The molecule has 2 aliphatic rings. The Hall–Kier alpha value is -1.51. The SMILES string of the molecule is Nc1ccc2c(c1)N(C(=O)C1CCCCC1)CC2. The Morgan fingerprint density at radius 1 is 1.22 bits per heavy atom. The van der Waals surface area contributed by atoms with Crippen molar-refractivity contribution in [1.29, 1.82) is 0 Å². The molecule has 1 aliphatic heterocycles. The number of anilines is 2. The van der Waals surface area contributed by atoms with Gasteiger partial charge in [0, 0.05) is 23.8 Å². The molecule has 1 fully saturated rings. The molecule has 1 aromatic rings. The lowest BCUT2D eigenvalue weighted by Gasteiger charge is -2.26. The fraction of sp³-hybridized carbons (Fsp3) is 0.533. The highest BCUT2D eigenvalue weighted by molar-refractivity contribution is 5.97. The predicted octanol–water partition coefficient (Wildman–Crippen LogP) is 2.74. The van der Waals surface area contributed by atoms with Crippen molar-refractivity contribution < 1.29 is 4.79 Å². The Morgan fingerprint density at radius 2 is 2.00 bits per heavy atom. The monoisotopic (exact) mass is 244 g/mol. The molecule has 3 nitrogen and oxygen atoms in total. The Kier molecular flexibility index (Phi) is 2.98. The molecule has 3 heteroatoms. The quantitative estimate of drug-likeness (QED) is 0.772. The minimum atomic E-state index is 0.242. The molecular weight excluding hydrogens is 224 g/mol. The van der Waals surface area contributed by atoms with Gasteiger partial charge in [-0.1, -0.05) is 25.3 Å². The van der Waals surface area contributed by atoms with E-state index in [0.717, 1.165) is 37.2 Å². The molecule has 0 unspecified atom stereocenters. The summed E-state index contributed by atoms with van der Waals surface area (Å²) in [6.45, 7) is 0.828. The number of nitrogens with zero attached hydrogens (tertiary/aromatic N) is 1. The first kappa shape index (κ1) is 11.6. The topological polar surface area (TPSA) is 46.3 Å². The van der Waals surface area contributed by atoms with Gasteiger partial charge in [-0.2, -0.15) is 0 Å². The number of benzene rings is 1. The molecule has 0 spiro atoms. The van der Waals surface area contributed by atoms with Crippen molar-refractivity contribution in [3.63, 3.8) is 0 Å². The first-order valence-corrected chi connectivity index (χ1v) is 6.95. The van der Waals surface area contributed by atoms with Gasteiger partial charge in [-0.3, -0.25) is 4.79 Å². The minimum Gasteiger partial charge on any atom is -0.399 e. The number of carbonyl (C=O) groups excluding carboxylic acids is 1. The predicted molar refractivity (Wildman–Crippen MR) is 73.5 cm³/mol. The average molecular weight is 244 g/mol. The summed E-state index contributed by atoms with van der Waals surface area (Å²) in [7, 11) is 0. The van der Waals surface area contributed by atoms with E-state index >= 15 is 0 Å². The van der Waals surface area contributed by atoms with Crippen LogP contribution in [0, 0.1) is 5.92 Å². The lowest BCUT2D eigenvalue weighted by molar-refractivity contribution is -0.123. The molecule has 0 bridgehead atoms. The van der Waals surface area contributed by atoms with E-state index in [1.54, 1.807) is 0 Å². The van der Waals surface area contributed by atoms with Crippen molar-refractivity contribution in [1.82, 2.24) is 0 Å². The fourth-order valence-electron chi connectivity index (χ4n) is 3.20. The first-order valence-electron chi connectivity index (χ1n) is 6.95. The second-order valence-corrected chi connectivity index (χ2v) is 5.46. The zero-order chi connectivity index (χ0) is 12.5. The van der Waals surface area contributed by atoms with Crippen LogP contribution >= 0.6 is 0 Å². The minimum absolute atomic E-state index is 0.242. The summed E-state index contributed by atoms with van der Waals surface area (Å²) in [4.78, 5) is 14.5. The van der Waals surface area contributed by atoms with Crippen molar-refractivity contribution in [3.05, 3.63) is 23.8 Å². The first-order chi connectivity index (χ1) is 8.75. The van der Waals surface area contributed by atoms with Crippen molar-refractivity contribution in [2.75, 3.05) is 17.2 Å². The average Bonchev–Trinajstić information content (AvgIpc) is 2.82. The van der Waals surface area contributed by atoms with Gasteiger partial charge >= 0.3 is 0 Å². The van der Waals surface area contributed by atoms with Gasteiger partial charge in [-0.05, 0) is 37.0 Å². The van der Waals surface area contributed by atoms with Crippen LogP contribution in [0.4, 0.5) is 11.4 Å². The Bertz CT molecular complexity index is 464. The number of nitrogen functional groups attached to an aromatic ring is 1. The number of hydrogen-bond donors (Lipinski definition) is 1. The summed E-state index contributed by atoms with van der Waals surface area (Å²) in [6, 6.07) is 5.93. The normalized spacial score (nSPS) is 19.9. The number of hydrogen-bond acceptors (Lipinski definition) is 2.